The highest BCUT2D eigenvalue weighted by atomic mass is 16.5. The van der Waals surface area contributed by atoms with Crippen molar-refractivity contribution in [3.8, 4) is 6.07 Å². The smallest absolute Gasteiger partial charge is 0.244 e. The molecule has 1 amide bonds. The minimum Gasteiger partial charge on any atom is -0.377 e. The molecule has 2 aromatic carbocycles. The van der Waals surface area contributed by atoms with Gasteiger partial charge in [0.05, 0.1) is 18.2 Å². The molecule has 24 heavy (non-hydrogen) atoms. The Labute approximate surface area is 142 Å². The van der Waals surface area contributed by atoms with Crippen LogP contribution in [0.5, 0.6) is 0 Å². The molecular formula is C20H20N2O2. The van der Waals surface area contributed by atoms with Crippen molar-refractivity contribution in [2.24, 2.45) is 0 Å². The summed E-state index contributed by atoms with van der Waals surface area (Å²) >= 11 is 0. The Morgan fingerprint density at radius 3 is 2.58 bits per heavy atom. The monoisotopic (exact) mass is 320 g/mol. The highest BCUT2D eigenvalue weighted by Gasteiger charge is 1.96. The lowest BCUT2D eigenvalue weighted by atomic mass is 10.1. The second kappa shape index (κ2) is 9.98. The average molecular weight is 320 g/mol. The average Bonchev–Trinajstić information content (AvgIpc) is 2.64. The zero-order valence-electron chi connectivity index (χ0n) is 13.4. The van der Waals surface area contributed by atoms with E-state index >= 15 is 0 Å². The predicted octanol–water partition coefficient (Wildman–Crippen LogP) is 3.29. The van der Waals surface area contributed by atoms with Crippen LogP contribution in [-0.2, 0) is 16.1 Å². The van der Waals surface area contributed by atoms with Crippen LogP contribution in [-0.4, -0.2) is 19.1 Å². The Bertz CT molecular complexity index is 701. The topological polar surface area (TPSA) is 62.1 Å². The number of ether oxygens (including phenoxy) is 1. The number of nitrogens with zero attached hydrogens (tertiary/aromatic N) is 1. The van der Waals surface area contributed by atoms with Crippen LogP contribution < -0.4 is 5.32 Å². The molecule has 2 aromatic rings. The number of carbonyl (C=O) groups is 1. The lowest BCUT2D eigenvalue weighted by molar-refractivity contribution is -0.116. The van der Waals surface area contributed by atoms with Crippen molar-refractivity contribution in [2.75, 3.05) is 13.2 Å². The van der Waals surface area contributed by atoms with E-state index in [-0.39, 0.29) is 5.91 Å². The van der Waals surface area contributed by atoms with Crippen LogP contribution in [0, 0.1) is 11.3 Å². The largest absolute Gasteiger partial charge is 0.377 e. The molecule has 0 aliphatic rings. The van der Waals surface area contributed by atoms with Crippen molar-refractivity contribution in [1.29, 1.82) is 5.26 Å². The van der Waals surface area contributed by atoms with Gasteiger partial charge in [-0.05, 0) is 35.8 Å². The van der Waals surface area contributed by atoms with Crippen LogP contribution in [0.15, 0.2) is 60.7 Å². The summed E-state index contributed by atoms with van der Waals surface area (Å²) in [5.74, 6) is -0.137. The minimum absolute atomic E-state index is 0.137. The number of carbonyl (C=O) groups excluding carboxylic acids is 1. The van der Waals surface area contributed by atoms with Crippen molar-refractivity contribution in [1.82, 2.24) is 5.32 Å². The van der Waals surface area contributed by atoms with E-state index < -0.39 is 0 Å². The predicted molar refractivity (Wildman–Crippen MR) is 93.9 cm³/mol. The van der Waals surface area contributed by atoms with E-state index in [1.165, 1.54) is 6.08 Å². The molecule has 4 nitrogen and oxygen atoms in total. The summed E-state index contributed by atoms with van der Waals surface area (Å²) in [6, 6.07) is 19.1. The van der Waals surface area contributed by atoms with Gasteiger partial charge in [-0.25, -0.2) is 0 Å². The van der Waals surface area contributed by atoms with Crippen LogP contribution >= 0.6 is 0 Å². The number of amides is 1. The molecule has 0 saturated heterocycles. The molecule has 0 saturated carbocycles. The zero-order chi connectivity index (χ0) is 17.0. The summed E-state index contributed by atoms with van der Waals surface area (Å²) in [5, 5.41) is 11.5. The summed E-state index contributed by atoms with van der Waals surface area (Å²) in [6.45, 7) is 1.77. The Hall–Kier alpha value is -2.90. The zero-order valence-corrected chi connectivity index (χ0v) is 13.4. The second-order valence-corrected chi connectivity index (χ2v) is 5.25. The number of hydrogen-bond donors (Lipinski definition) is 1. The third-order valence-electron chi connectivity index (χ3n) is 3.34. The molecule has 0 unspecified atom stereocenters. The van der Waals surface area contributed by atoms with Gasteiger partial charge in [-0.15, -0.1) is 0 Å². The Balaban J connectivity index is 1.59. The molecule has 0 aliphatic carbocycles. The van der Waals surface area contributed by atoms with E-state index in [1.54, 1.807) is 30.3 Å². The number of hydrogen-bond acceptors (Lipinski definition) is 3. The molecule has 1 N–H and O–H groups in total. The van der Waals surface area contributed by atoms with Gasteiger partial charge in [-0.2, -0.15) is 5.26 Å². The van der Waals surface area contributed by atoms with E-state index in [0.29, 0.717) is 25.3 Å². The molecule has 2 rings (SSSR count). The van der Waals surface area contributed by atoms with Gasteiger partial charge in [-0.1, -0.05) is 42.5 Å². The van der Waals surface area contributed by atoms with Crippen LogP contribution in [0.4, 0.5) is 0 Å². The van der Waals surface area contributed by atoms with E-state index in [1.807, 2.05) is 30.3 Å². The highest BCUT2D eigenvalue weighted by Crippen LogP contribution is 2.05. The van der Waals surface area contributed by atoms with Gasteiger partial charge >= 0.3 is 0 Å². The lowest BCUT2D eigenvalue weighted by Crippen LogP contribution is -2.23. The Morgan fingerprint density at radius 2 is 1.88 bits per heavy atom. The van der Waals surface area contributed by atoms with E-state index in [2.05, 4.69) is 11.4 Å². The SMILES string of the molecule is N#Cc1ccc(/C=C/C(=O)NCCCOCc2ccccc2)cc1. The molecule has 122 valence electrons. The first-order chi connectivity index (χ1) is 11.8. The fraction of sp³-hybridized carbons (Fsp3) is 0.200. The van der Waals surface area contributed by atoms with Gasteiger partial charge in [0.15, 0.2) is 0 Å². The van der Waals surface area contributed by atoms with Crippen molar-refractivity contribution >= 4 is 12.0 Å². The molecule has 0 aromatic heterocycles. The number of benzene rings is 2. The molecule has 4 heteroatoms. The van der Waals surface area contributed by atoms with E-state index in [9.17, 15) is 4.79 Å². The Kier molecular flexibility index (Phi) is 7.26. The Morgan fingerprint density at radius 1 is 1.12 bits per heavy atom. The summed E-state index contributed by atoms with van der Waals surface area (Å²) < 4.78 is 5.56. The normalized spacial score (nSPS) is 10.5. The van der Waals surface area contributed by atoms with E-state index in [4.69, 9.17) is 10.00 Å². The van der Waals surface area contributed by atoms with Gasteiger partial charge in [0.2, 0.25) is 5.91 Å². The van der Waals surface area contributed by atoms with Gasteiger partial charge in [0, 0.05) is 19.2 Å². The first-order valence-electron chi connectivity index (χ1n) is 7.85. The van der Waals surface area contributed by atoms with Crippen molar-refractivity contribution in [3.63, 3.8) is 0 Å². The van der Waals surface area contributed by atoms with Crippen molar-refractivity contribution in [2.45, 2.75) is 13.0 Å². The van der Waals surface area contributed by atoms with Crippen LogP contribution in [0.2, 0.25) is 0 Å². The van der Waals surface area contributed by atoms with Crippen molar-refractivity contribution < 1.29 is 9.53 Å². The summed E-state index contributed by atoms with van der Waals surface area (Å²) in [6.07, 6.45) is 3.98. The third-order valence-corrected chi connectivity index (χ3v) is 3.34. The maximum Gasteiger partial charge on any atom is 0.244 e. The highest BCUT2D eigenvalue weighted by molar-refractivity contribution is 5.91. The molecule has 0 aliphatic heterocycles. The molecule has 0 bridgehead atoms. The quantitative estimate of drug-likeness (QED) is 0.599. The third kappa shape index (κ3) is 6.47. The maximum atomic E-state index is 11.7. The molecule has 0 atom stereocenters. The van der Waals surface area contributed by atoms with Crippen LogP contribution in [0.3, 0.4) is 0 Å². The maximum absolute atomic E-state index is 11.7. The number of nitriles is 1. The standard InChI is InChI=1S/C20H20N2O2/c21-15-18-9-7-17(8-10-18)11-12-20(23)22-13-4-14-24-16-19-5-2-1-3-6-19/h1-3,5-12H,4,13-14,16H2,(H,22,23)/b12-11+. The van der Waals surface area contributed by atoms with Gasteiger partial charge in [0.25, 0.3) is 0 Å². The van der Waals surface area contributed by atoms with Crippen LogP contribution in [0.25, 0.3) is 6.08 Å². The molecule has 0 heterocycles. The molecule has 0 fully saturated rings. The van der Waals surface area contributed by atoms with E-state index in [0.717, 1.165) is 17.5 Å². The first-order valence-corrected chi connectivity index (χ1v) is 7.85. The molecular weight excluding hydrogens is 300 g/mol. The first kappa shape index (κ1) is 17.5. The van der Waals surface area contributed by atoms with Crippen molar-refractivity contribution in [3.05, 3.63) is 77.4 Å². The lowest BCUT2D eigenvalue weighted by Gasteiger charge is -2.05. The minimum atomic E-state index is -0.137. The summed E-state index contributed by atoms with van der Waals surface area (Å²) in [5.41, 5.74) is 2.63. The number of rotatable bonds is 8. The van der Waals surface area contributed by atoms with Gasteiger partial charge in [0.1, 0.15) is 0 Å². The fourth-order valence-corrected chi connectivity index (χ4v) is 2.05. The number of nitrogens with one attached hydrogen (secondary N) is 1. The molecule has 0 spiro atoms. The summed E-state index contributed by atoms with van der Waals surface area (Å²) in [4.78, 5) is 11.7. The van der Waals surface area contributed by atoms with Crippen LogP contribution in [0.1, 0.15) is 23.1 Å². The fourth-order valence-electron chi connectivity index (χ4n) is 2.05. The second-order valence-electron chi connectivity index (χ2n) is 5.25. The molecule has 0 radical (unpaired) electrons. The van der Waals surface area contributed by atoms with Gasteiger partial charge < -0.3 is 10.1 Å². The van der Waals surface area contributed by atoms with Gasteiger partial charge in [-0.3, -0.25) is 4.79 Å². The summed E-state index contributed by atoms with van der Waals surface area (Å²) in [7, 11) is 0.